The monoisotopic (exact) mass is 382 g/mol. The second kappa shape index (κ2) is 6.81. The smallest absolute Gasteiger partial charge is 0.251 e. The van der Waals surface area contributed by atoms with Gasteiger partial charge in [-0.3, -0.25) is 9.59 Å². The lowest BCUT2D eigenvalue weighted by Gasteiger charge is -2.11. The Morgan fingerprint density at radius 2 is 2.07 bits per heavy atom. The Kier molecular flexibility index (Phi) is 4.47. The van der Waals surface area contributed by atoms with Gasteiger partial charge in [0.1, 0.15) is 10.6 Å². The lowest BCUT2D eigenvalue weighted by Crippen LogP contribution is -2.20. The highest BCUT2D eigenvalue weighted by molar-refractivity contribution is 7.17. The molecule has 2 amide bonds. The summed E-state index contributed by atoms with van der Waals surface area (Å²) in [5, 5.41) is 3.52. The summed E-state index contributed by atoms with van der Waals surface area (Å²) in [5.74, 6) is -0.631. The van der Waals surface area contributed by atoms with Gasteiger partial charge in [-0.05, 0) is 56.7 Å². The van der Waals surface area contributed by atoms with Gasteiger partial charge in [-0.2, -0.15) is 0 Å². The second-order valence-electron chi connectivity index (χ2n) is 7.03. The predicted molar refractivity (Wildman–Crippen MR) is 106 cm³/mol. The maximum absolute atomic E-state index is 12.8. The number of primary amides is 1. The molecule has 1 aliphatic carbocycles. The number of aryl methyl sites for hydroxylation is 3. The topological polar surface area (TPSA) is 89.5 Å². The minimum Gasteiger partial charge on any atom is -0.365 e. The van der Waals surface area contributed by atoms with E-state index in [9.17, 15) is 9.59 Å². The number of carbonyl (C=O) groups excluding carboxylic acids is 2. The number of pyridine rings is 1. The molecular formula is C20H22N4O2S. The summed E-state index contributed by atoms with van der Waals surface area (Å²) in [5.41, 5.74) is 10.7. The van der Waals surface area contributed by atoms with Gasteiger partial charge in [0.2, 0.25) is 5.91 Å². The Morgan fingerprint density at radius 1 is 1.30 bits per heavy atom. The van der Waals surface area contributed by atoms with E-state index in [-0.39, 0.29) is 12.3 Å². The molecule has 3 aromatic heterocycles. The zero-order valence-electron chi connectivity index (χ0n) is 15.5. The van der Waals surface area contributed by atoms with Gasteiger partial charge in [0.25, 0.3) is 5.91 Å². The van der Waals surface area contributed by atoms with Gasteiger partial charge in [-0.1, -0.05) is 6.07 Å². The number of thiophene rings is 1. The highest BCUT2D eigenvalue weighted by Crippen LogP contribution is 2.38. The van der Waals surface area contributed by atoms with Gasteiger partial charge in [0, 0.05) is 11.1 Å². The molecule has 0 bridgehead atoms. The number of aromatic nitrogens is 2. The van der Waals surface area contributed by atoms with Crippen LogP contribution in [-0.2, 0) is 24.1 Å². The van der Waals surface area contributed by atoms with Crippen molar-refractivity contribution in [2.75, 3.05) is 5.32 Å². The fourth-order valence-corrected chi connectivity index (χ4v) is 5.13. The van der Waals surface area contributed by atoms with Crippen molar-refractivity contribution in [3.05, 3.63) is 51.3 Å². The molecule has 3 heterocycles. The number of hydrogen-bond donors (Lipinski definition) is 2. The molecule has 1 aliphatic rings. The normalized spacial score (nSPS) is 13.6. The number of nitrogens with zero attached hydrogens (tertiary/aromatic N) is 2. The highest BCUT2D eigenvalue weighted by Gasteiger charge is 2.25. The number of nitrogens with one attached hydrogen (secondary N) is 1. The minimum absolute atomic E-state index is 0.164. The molecule has 0 saturated carbocycles. The van der Waals surface area contributed by atoms with Crippen LogP contribution in [0, 0.1) is 13.8 Å². The summed E-state index contributed by atoms with van der Waals surface area (Å²) < 4.78 is 1.96. The first-order valence-corrected chi connectivity index (χ1v) is 9.94. The van der Waals surface area contributed by atoms with Crippen LogP contribution in [-0.4, -0.2) is 21.2 Å². The van der Waals surface area contributed by atoms with Crippen molar-refractivity contribution in [1.82, 2.24) is 9.38 Å². The fraction of sp³-hybridized carbons (Fsp3) is 0.350. The SMILES string of the molecule is Cc1nc2c(C)cccn2c1CC(=O)Nc1sc2c(c1C(N)=O)CCCC2. The second-order valence-corrected chi connectivity index (χ2v) is 8.14. The standard InChI is InChI=1S/C20H22N4O2S/c1-11-6-5-9-24-14(12(2)22-19(11)24)10-16(25)23-20-17(18(21)26)13-7-3-4-8-15(13)27-20/h5-6,9H,3-4,7-8,10H2,1-2H3,(H2,21,26)(H,23,25). The maximum Gasteiger partial charge on any atom is 0.251 e. The van der Waals surface area contributed by atoms with Crippen LogP contribution in [0.4, 0.5) is 5.00 Å². The van der Waals surface area contributed by atoms with Gasteiger partial charge in [-0.25, -0.2) is 4.98 Å². The summed E-state index contributed by atoms with van der Waals surface area (Å²) in [6.07, 6.45) is 6.07. The lowest BCUT2D eigenvalue weighted by atomic mass is 9.95. The number of rotatable bonds is 4. The number of hydrogen-bond acceptors (Lipinski definition) is 4. The predicted octanol–water partition coefficient (Wildman–Crippen LogP) is 3.17. The van der Waals surface area contributed by atoms with Gasteiger partial charge in [-0.15, -0.1) is 11.3 Å². The molecule has 0 aliphatic heterocycles. The molecule has 7 heteroatoms. The van der Waals surface area contributed by atoms with Crippen LogP contribution in [0.2, 0.25) is 0 Å². The summed E-state index contributed by atoms with van der Waals surface area (Å²) >= 11 is 1.49. The van der Waals surface area contributed by atoms with Gasteiger partial charge < -0.3 is 15.5 Å². The van der Waals surface area contributed by atoms with E-state index in [4.69, 9.17) is 5.73 Å². The molecule has 3 aromatic rings. The molecule has 0 unspecified atom stereocenters. The Balaban J connectivity index is 1.63. The molecule has 0 radical (unpaired) electrons. The molecule has 0 atom stereocenters. The minimum atomic E-state index is -0.466. The number of anilines is 1. The Labute approximate surface area is 161 Å². The summed E-state index contributed by atoms with van der Waals surface area (Å²) in [6, 6.07) is 3.95. The van der Waals surface area contributed by atoms with Crippen LogP contribution >= 0.6 is 11.3 Å². The van der Waals surface area contributed by atoms with E-state index >= 15 is 0 Å². The Morgan fingerprint density at radius 3 is 2.85 bits per heavy atom. The third kappa shape index (κ3) is 3.12. The van der Waals surface area contributed by atoms with Crippen LogP contribution in [0.3, 0.4) is 0 Å². The molecule has 6 nitrogen and oxygen atoms in total. The van der Waals surface area contributed by atoms with E-state index in [1.54, 1.807) is 0 Å². The van der Waals surface area contributed by atoms with Crippen molar-refractivity contribution in [2.24, 2.45) is 5.73 Å². The van der Waals surface area contributed by atoms with E-state index in [1.807, 2.05) is 36.6 Å². The number of nitrogens with two attached hydrogens (primary N) is 1. The zero-order valence-corrected chi connectivity index (χ0v) is 16.3. The van der Waals surface area contributed by atoms with E-state index in [2.05, 4.69) is 10.3 Å². The van der Waals surface area contributed by atoms with Crippen molar-refractivity contribution in [3.63, 3.8) is 0 Å². The summed E-state index contributed by atoms with van der Waals surface area (Å²) in [6.45, 7) is 3.91. The van der Waals surface area contributed by atoms with E-state index in [0.717, 1.165) is 53.8 Å². The molecule has 0 fully saturated rings. The van der Waals surface area contributed by atoms with E-state index < -0.39 is 5.91 Å². The first-order chi connectivity index (χ1) is 13.0. The molecule has 0 saturated heterocycles. The summed E-state index contributed by atoms with van der Waals surface area (Å²) in [4.78, 5) is 30.5. The lowest BCUT2D eigenvalue weighted by molar-refractivity contribution is -0.115. The molecular weight excluding hydrogens is 360 g/mol. The number of fused-ring (bicyclic) bond motifs is 2. The molecule has 27 heavy (non-hydrogen) atoms. The molecule has 4 rings (SSSR count). The number of amides is 2. The fourth-order valence-electron chi connectivity index (χ4n) is 3.82. The van der Waals surface area contributed by atoms with Crippen molar-refractivity contribution in [3.8, 4) is 0 Å². The van der Waals surface area contributed by atoms with Crippen molar-refractivity contribution in [1.29, 1.82) is 0 Å². The third-order valence-corrected chi connectivity index (χ3v) is 6.35. The maximum atomic E-state index is 12.8. The van der Waals surface area contributed by atoms with Crippen LogP contribution in [0.25, 0.3) is 5.65 Å². The van der Waals surface area contributed by atoms with Crippen molar-refractivity contribution >= 4 is 33.8 Å². The van der Waals surface area contributed by atoms with Crippen molar-refractivity contribution in [2.45, 2.75) is 46.0 Å². The first kappa shape index (κ1) is 17.7. The quantitative estimate of drug-likeness (QED) is 0.726. The first-order valence-electron chi connectivity index (χ1n) is 9.13. The Hall–Kier alpha value is -2.67. The average Bonchev–Trinajstić information content (AvgIpc) is 3.14. The summed E-state index contributed by atoms with van der Waals surface area (Å²) in [7, 11) is 0. The van der Waals surface area contributed by atoms with Crippen LogP contribution in [0.1, 0.15) is 50.6 Å². The average molecular weight is 382 g/mol. The van der Waals surface area contributed by atoms with Crippen LogP contribution in [0.5, 0.6) is 0 Å². The number of carbonyl (C=O) groups is 2. The van der Waals surface area contributed by atoms with E-state index in [1.165, 1.54) is 16.2 Å². The van der Waals surface area contributed by atoms with Crippen LogP contribution < -0.4 is 11.1 Å². The van der Waals surface area contributed by atoms with E-state index in [0.29, 0.717) is 10.6 Å². The molecule has 3 N–H and O–H groups in total. The zero-order chi connectivity index (χ0) is 19.1. The van der Waals surface area contributed by atoms with Crippen LogP contribution in [0.15, 0.2) is 18.3 Å². The number of imidazole rings is 1. The molecule has 140 valence electrons. The van der Waals surface area contributed by atoms with Crippen molar-refractivity contribution < 1.29 is 9.59 Å². The largest absolute Gasteiger partial charge is 0.365 e. The highest BCUT2D eigenvalue weighted by atomic mass is 32.1. The Bertz CT molecular complexity index is 1060. The molecule has 0 aromatic carbocycles. The molecule has 0 spiro atoms. The third-order valence-electron chi connectivity index (χ3n) is 5.14. The van der Waals surface area contributed by atoms with Gasteiger partial charge in [0.15, 0.2) is 0 Å². The van der Waals surface area contributed by atoms with Gasteiger partial charge >= 0.3 is 0 Å². The van der Waals surface area contributed by atoms with Gasteiger partial charge in [0.05, 0.1) is 23.4 Å².